The van der Waals surface area contributed by atoms with Gasteiger partial charge in [0.15, 0.2) is 0 Å². The van der Waals surface area contributed by atoms with E-state index in [0.717, 1.165) is 18.4 Å². The molecule has 23 heavy (non-hydrogen) atoms. The summed E-state index contributed by atoms with van der Waals surface area (Å²) in [4.78, 5) is 34.8. The molecule has 1 aliphatic carbocycles. The van der Waals surface area contributed by atoms with E-state index in [4.69, 9.17) is 10.5 Å². The Morgan fingerprint density at radius 2 is 1.91 bits per heavy atom. The third-order valence-corrected chi connectivity index (χ3v) is 3.42. The summed E-state index contributed by atoms with van der Waals surface area (Å²) in [6.45, 7) is 0.111. The number of amides is 3. The van der Waals surface area contributed by atoms with Crippen LogP contribution in [0.3, 0.4) is 0 Å². The highest BCUT2D eigenvalue weighted by Crippen LogP contribution is 2.19. The summed E-state index contributed by atoms with van der Waals surface area (Å²) in [5.74, 6) is -0.834. The normalized spacial score (nSPS) is 14.6. The van der Waals surface area contributed by atoms with Crippen molar-refractivity contribution < 1.29 is 19.1 Å². The van der Waals surface area contributed by atoms with Crippen molar-refractivity contribution in [3.8, 4) is 0 Å². The summed E-state index contributed by atoms with van der Waals surface area (Å²) >= 11 is 0. The fourth-order valence-electron chi connectivity index (χ4n) is 1.99. The number of alkyl carbamates (subject to hydrolysis) is 1. The van der Waals surface area contributed by atoms with Crippen LogP contribution in [0.4, 0.5) is 4.79 Å². The molecule has 124 valence electrons. The van der Waals surface area contributed by atoms with Gasteiger partial charge >= 0.3 is 6.09 Å². The van der Waals surface area contributed by atoms with E-state index in [-0.39, 0.29) is 31.4 Å². The van der Waals surface area contributed by atoms with Crippen molar-refractivity contribution >= 4 is 17.9 Å². The van der Waals surface area contributed by atoms with Gasteiger partial charge in [-0.25, -0.2) is 4.79 Å². The molecule has 0 unspecified atom stereocenters. The third-order valence-electron chi connectivity index (χ3n) is 3.42. The fourth-order valence-corrected chi connectivity index (χ4v) is 1.99. The lowest BCUT2D eigenvalue weighted by atomic mass is 10.1. The molecule has 0 radical (unpaired) electrons. The topological polar surface area (TPSA) is 111 Å². The number of ether oxygens (including phenoxy) is 1. The molecule has 1 aliphatic rings. The maximum atomic E-state index is 12.1. The molecule has 0 bridgehead atoms. The monoisotopic (exact) mass is 319 g/mol. The Morgan fingerprint density at radius 1 is 1.22 bits per heavy atom. The van der Waals surface area contributed by atoms with Crippen LogP contribution in [-0.2, 0) is 20.9 Å². The molecule has 1 saturated carbocycles. The van der Waals surface area contributed by atoms with Gasteiger partial charge in [-0.3, -0.25) is 9.59 Å². The van der Waals surface area contributed by atoms with Crippen molar-refractivity contribution in [2.24, 2.45) is 5.73 Å². The van der Waals surface area contributed by atoms with Gasteiger partial charge in [-0.05, 0) is 24.8 Å². The van der Waals surface area contributed by atoms with Crippen LogP contribution in [0.5, 0.6) is 0 Å². The van der Waals surface area contributed by atoms with Crippen molar-refractivity contribution in [2.45, 2.75) is 44.4 Å². The Labute approximate surface area is 134 Å². The molecule has 0 aliphatic heterocycles. The van der Waals surface area contributed by atoms with Crippen molar-refractivity contribution in [1.82, 2.24) is 10.6 Å². The summed E-state index contributed by atoms with van der Waals surface area (Å²) in [6, 6.07) is 8.55. The second-order valence-electron chi connectivity index (χ2n) is 5.55. The minimum absolute atomic E-state index is 0.0156. The van der Waals surface area contributed by atoms with Gasteiger partial charge in [-0.1, -0.05) is 30.3 Å². The van der Waals surface area contributed by atoms with E-state index in [2.05, 4.69) is 10.6 Å². The van der Waals surface area contributed by atoms with Gasteiger partial charge in [0.25, 0.3) is 0 Å². The van der Waals surface area contributed by atoms with Crippen LogP contribution in [0, 0.1) is 0 Å². The van der Waals surface area contributed by atoms with Crippen LogP contribution >= 0.6 is 0 Å². The highest BCUT2D eigenvalue weighted by molar-refractivity contribution is 5.86. The van der Waals surface area contributed by atoms with Crippen LogP contribution in [0.25, 0.3) is 0 Å². The van der Waals surface area contributed by atoms with Gasteiger partial charge in [0.05, 0.1) is 0 Å². The predicted octanol–water partition coefficient (Wildman–Crippen LogP) is 0.825. The minimum atomic E-state index is -0.827. The fraction of sp³-hybridized carbons (Fsp3) is 0.438. The van der Waals surface area contributed by atoms with E-state index >= 15 is 0 Å². The van der Waals surface area contributed by atoms with Crippen LogP contribution in [0.15, 0.2) is 30.3 Å². The molecular formula is C16H21N3O4. The lowest BCUT2D eigenvalue weighted by Crippen LogP contribution is -2.47. The largest absolute Gasteiger partial charge is 0.445 e. The lowest BCUT2D eigenvalue weighted by Gasteiger charge is -2.17. The summed E-state index contributed by atoms with van der Waals surface area (Å²) in [5, 5.41) is 5.29. The first-order valence-corrected chi connectivity index (χ1v) is 7.60. The molecule has 1 aromatic rings. The van der Waals surface area contributed by atoms with Crippen molar-refractivity contribution in [3.63, 3.8) is 0 Å². The van der Waals surface area contributed by atoms with E-state index in [1.807, 2.05) is 30.3 Å². The first kappa shape index (κ1) is 16.8. The van der Waals surface area contributed by atoms with E-state index in [1.165, 1.54) is 0 Å². The van der Waals surface area contributed by atoms with Gasteiger partial charge in [0, 0.05) is 12.5 Å². The van der Waals surface area contributed by atoms with Crippen LogP contribution in [0.2, 0.25) is 0 Å². The Hall–Kier alpha value is -2.57. The summed E-state index contributed by atoms with van der Waals surface area (Å²) in [5.41, 5.74) is 5.95. The Balaban J connectivity index is 1.83. The molecule has 3 amide bonds. The second-order valence-corrected chi connectivity index (χ2v) is 5.55. The Morgan fingerprint density at radius 3 is 2.52 bits per heavy atom. The van der Waals surface area contributed by atoms with E-state index in [9.17, 15) is 14.4 Å². The zero-order chi connectivity index (χ0) is 16.7. The average molecular weight is 319 g/mol. The number of hydrogen-bond acceptors (Lipinski definition) is 4. The number of benzene rings is 1. The smallest absolute Gasteiger partial charge is 0.408 e. The van der Waals surface area contributed by atoms with E-state index in [0.29, 0.717) is 0 Å². The molecule has 1 aromatic carbocycles. The summed E-state index contributed by atoms with van der Waals surface area (Å²) in [7, 11) is 0. The quantitative estimate of drug-likeness (QED) is 0.659. The number of carbonyl (C=O) groups is 3. The molecule has 0 heterocycles. The molecule has 7 nitrogen and oxygen atoms in total. The first-order chi connectivity index (χ1) is 11.0. The molecule has 0 aromatic heterocycles. The van der Waals surface area contributed by atoms with Gasteiger partial charge in [-0.15, -0.1) is 0 Å². The van der Waals surface area contributed by atoms with Gasteiger partial charge < -0.3 is 21.1 Å². The molecular weight excluding hydrogens is 298 g/mol. The SMILES string of the molecule is NC(=O)CC[C@H](NC(=O)OCc1ccccc1)C(=O)NC1CC1. The Bertz CT molecular complexity index is 558. The zero-order valence-corrected chi connectivity index (χ0v) is 12.8. The lowest BCUT2D eigenvalue weighted by molar-refractivity contribution is -0.123. The number of primary amides is 1. The molecule has 7 heteroatoms. The number of hydrogen-bond donors (Lipinski definition) is 3. The zero-order valence-electron chi connectivity index (χ0n) is 12.8. The molecule has 1 fully saturated rings. The Kier molecular flexibility index (Phi) is 5.96. The maximum absolute atomic E-state index is 12.1. The maximum Gasteiger partial charge on any atom is 0.408 e. The molecule has 2 rings (SSSR count). The van der Waals surface area contributed by atoms with Crippen molar-refractivity contribution in [3.05, 3.63) is 35.9 Å². The van der Waals surface area contributed by atoms with Crippen molar-refractivity contribution in [1.29, 1.82) is 0 Å². The summed E-state index contributed by atoms with van der Waals surface area (Å²) in [6.07, 6.45) is 1.34. The number of carbonyl (C=O) groups excluding carboxylic acids is 3. The number of rotatable bonds is 8. The second kappa shape index (κ2) is 8.17. The average Bonchev–Trinajstić information content (AvgIpc) is 3.34. The number of nitrogens with two attached hydrogens (primary N) is 1. The molecule has 4 N–H and O–H groups in total. The standard InChI is InChI=1S/C16H21N3O4/c17-14(20)9-8-13(15(21)18-12-6-7-12)19-16(22)23-10-11-4-2-1-3-5-11/h1-5,12-13H,6-10H2,(H2,17,20)(H,18,21)(H,19,22)/t13-/m0/s1. The predicted molar refractivity (Wildman–Crippen MR) is 83.1 cm³/mol. The number of nitrogens with one attached hydrogen (secondary N) is 2. The van der Waals surface area contributed by atoms with Crippen LogP contribution < -0.4 is 16.4 Å². The minimum Gasteiger partial charge on any atom is -0.445 e. The molecule has 0 spiro atoms. The highest BCUT2D eigenvalue weighted by atomic mass is 16.5. The molecule has 1 atom stereocenters. The van der Waals surface area contributed by atoms with Gasteiger partial charge in [-0.2, -0.15) is 0 Å². The van der Waals surface area contributed by atoms with Crippen LogP contribution in [0.1, 0.15) is 31.2 Å². The van der Waals surface area contributed by atoms with Crippen LogP contribution in [-0.4, -0.2) is 30.0 Å². The first-order valence-electron chi connectivity index (χ1n) is 7.60. The van der Waals surface area contributed by atoms with E-state index < -0.39 is 18.0 Å². The van der Waals surface area contributed by atoms with Gasteiger partial charge in [0.2, 0.25) is 11.8 Å². The molecule has 0 saturated heterocycles. The summed E-state index contributed by atoms with van der Waals surface area (Å²) < 4.78 is 5.09. The highest BCUT2D eigenvalue weighted by Gasteiger charge is 2.28. The van der Waals surface area contributed by atoms with Crippen molar-refractivity contribution in [2.75, 3.05) is 0 Å². The third kappa shape index (κ3) is 6.37. The van der Waals surface area contributed by atoms with Gasteiger partial charge in [0.1, 0.15) is 12.6 Å². The van der Waals surface area contributed by atoms with E-state index in [1.54, 1.807) is 0 Å².